The third-order valence-electron chi connectivity index (χ3n) is 2.43. The summed E-state index contributed by atoms with van der Waals surface area (Å²) >= 11 is 3.28. The molecule has 2 N–H and O–H groups in total. The summed E-state index contributed by atoms with van der Waals surface area (Å²) in [4.78, 5) is 27.0. The smallest absolute Gasteiger partial charge is 0.271 e. The molecule has 0 saturated carbocycles. The van der Waals surface area contributed by atoms with Crippen LogP contribution >= 0.6 is 15.9 Å². The Hall–Kier alpha value is -1.43. The Morgan fingerprint density at radius 3 is 2.68 bits per heavy atom. The first-order valence-electron chi connectivity index (χ1n) is 6.27. The topological polar surface area (TPSA) is 71.1 Å². The Bertz CT molecular complexity index is 463. The highest BCUT2D eigenvalue weighted by atomic mass is 79.9. The first kappa shape index (κ1) is 15.6. The lowest BCUT2D eigenvalue weighted by Gasteiger charge is -2.08. The highest BCUT2D eigenvalue weighted by Crippen LogP contribution is 2.17. The monoisotopic (exact) mass is 327 g/mol. The summed E-state index contributed by atoms with van der Waals surface area (Å²) < 4.78 is 0.606. The van der Waals surface area contributed by atoms with Crippen LogP contribution in [0.2, 0.25) is 0 Å². The number of unbranched alkanes of at least 4 members (excludes halogenated alkanes) is 2. The number of carbonyl (C=O) groups is 2. The highest BCUT2D eigenvalue weighted by Gasteiger charge is 2.12. The largest absolute Gasteiger partial charge is 0.351 e. The second-order valence-electron chi connectivity index (χ2n) is 4.17. The number of carbonyl (C=O) groups excluding carboxylic acids is 2. The average Bonchev–Trinajstić information content (AvgIpc) is 2.36. The molecule has 1 rings (SSSR count). The second kappa shape index (κ2) is 7.89. The van der Waals surface area contributed by atoms with Crippen LogP contribution in [0.25, 0.3) is 0 Å². The van der Waals surface area contributed by atoms with Crippen molar-refractivity contribution < 1.29 is 9.59 Å². The molecule has 19 heavy (non-hydrogen) atoms. The van der Waals surface area contributed by atoms with Crippen LogP contribution in [0, 0.1) is 0 Å². The summed E-state index contributed by atoms with van der Waals surface area (Å²) in [5.41, 5.74) is 0.280. The van der Waals surface area contributed by atoms with E-state index in [4.69, 9.17) is 0 Å². The molecule has 1 aromatic rings. The van der Waals surface area contributed by atoms with Crippen molar-refractivity contribution in [2.24, 2.45) is 0 Å². The number of hydrogen-bond acceptors (Lipinski definition) is 3. The number of halogens is 1. The molecule has 1 aromatic heterocycles. The SMILES string of the molecule is CCCCCNC(=O)c1nc(NC(C)=O)ccc1Br. The minimum Gasteiger partial charge on any atom is -0.351 e. The number of rotatable bonds is 6. The highest BCUT2D eigenvalue weighted by molar-refractivity contribution is 9.10. The molecule has 104 valence electrons. The molecule has 0 radical (unpaired) electrons. The summed E-state index contributed by atoms with van der Waals surface area (Å²) in [6.45, 7) is 4.14. The van der Waals surface area contributed by atoms with Crippen molar-refractivity contribution in [3.8, 4) is 0 Å². The third-order valence-corrected chi connectivity index (χ3v) is 3.07. The number of pyridine rings is 1. The van der Waals surface area contributed by atoms with E-state index in [2.05, 4.69) is 38.5 Å². The molecule has 0 bridgehead atoms. The minimum absolute atomic E-state index is 0.218. The third kappa shape index (κ3) is 5.38. The molecule has 0 unspecified atom stereocenters. The fourth-order valence-electron chi connectivity index (χ4n) is 1.51. The van der Waals surface area contributed by atoms with Gasteiger partial charge in [0, 0.05) is 17.9 Å². The molecule has 0 saturated heterocycles. The van der Waals surface area contributed by atoms with E-state index in [9.17, 15) is 9.59 Å². The number of hydrogen-bond donors (Lipinski definition) is 2. The molecule has 0 aliphatic carbocycles. The zero-order valence-electron chi connectivity index (χ0n) is 11.1. The Kier molecular flexibility index (Phi) is 6.49. The van der Waals surface area contributed by atoms with Gasteiger partial charge in [0.05, 0.1) is 0 Å². The maximum atomic E-state index is 12.0. The Labute approximate surface area is 121 Å². The first-order chi connectivity index (χ1) is 9.04. The standard InChI is InChI=1S/C13H18BrN3O2/c1-3-4-5-8-15-13(19)12-10(14)6-7-11(17-12)16-9(2)18/h6-7H,3-5,8H2,1-2H3,(H,15,19)(H,16,17,18). The van der Waals surface area contributed by atoms with Crippen LogP contribution in [-0.4, -0.2) is 23.3 Å². The summed E-state index contributed by atoms with van der Waals surface area (Å²) in [7, 11) is 0. The minimum atomic E-state index is -0.241. The molecule has 0 atom stereocenters. The normalized spacial score (nSPS) is 10.1. The first-order valence-corrected chi connectivity index (χ1v) is 7.06. The van der Waals surface area contributed by atoms with Gasteiger partial charge in [-0.25, -0.2) is 4.98 Å². The molecule has 0 fully saturated rings. The van der Waals surface area contributed by atoms with Crippen molar-refractivity contribution in [3.05, 3.63) is 22.3 Å². The van der Waals surface area contributed by atoms with Crippen LogP contribution in [0.5, 0.6) is 0 Å². The number of nitrogens with one attached hydrogen (secondary N) is 2. The van der Waals surface area contributed by atoms with Crippen LogP contribution in [0.4, 0.5) is 5.82 Å². The van der Waals surface area contributed by atoms with Gasteiger partial charge in [0.15, 0.2) is 0 Å². The van der Waals surface area contributed by atoms with Gasteiger partial charge in [-0.2, -0.15) is 0 Å². The van der Waals surface area contributed by atoms with Crippen molar-refractivity contribution in [2.45, 2.75) is 33.1 Å². The predicted octanol–water partition coefficient (Wildman–Crippen LogP) is 2.72. The van der Waals surface area contributed by atoms with Crippen molar-refractivity contribution in [1.82, 2.24) is 10.3 Å². The summed E-state index contributed by atoms with van der Waals surface area (Å²) in [6.07, 6.45) is 3.14. The Balaban J connectivity index is 2.69. The van der Waals surface area contributed by atoms with E-state index in [-0.39, 0.29) is 17.5 Å². The molecule has 0 aromatic carbocycles. The summed E-state index contributed by atoms with van der Waals surface area (Å²) in [5.74, 6) is -0.0892. The Morgan fingerprint density at radius 1 is 1.32 bits per heavy atom. The van der Waals surface area contributed by atoms with E-state index >= 15 is 0 Å². The van der Waals surface area contributed by atoms with E-state index in [1.807, 2.05) is 0 Å². The molecule has 5 nitrogen and oxygen atoms in total. The molecule has 6 heteroatoms. The van der Waals surface area contributed by atoms with Gasteiger partial charge in [0.25, 0.3) is 5.91 Å². The molecule has 1 heterocycles. The van der Waals surface area contributed by atoms with Gasteiger partial charge in [-0.1, -0.05) is 19.8 Å². The van der Waals surface area contributed by atoms with Crippen LogP contribution in [0.1, 0.15) is 43.6 Å². The van der Waals surface area contributed by atoms with Gasteiger partial charge in [-0.15, -0.1) is 0 Å². The quantitative estimate of drug-likeness (QED) is 0.789. The second-order valence-corrected chi connectivity index (χ2v) is 5.03. The van der Waals surface area contributed by atoms with Gasteiger partial charge >= 0.3 is 0 Å². The van der Waals surface area contributed by atoms with Gasteiger partial charge in [-0.05, 0) is 34.5 Å². The summed E-state index contributed by atoms with van der Waals surface area (Å²) in [5, 5.41) is 5.36. The molecular weight excluding hydrogens is 310 g/mol. The van der Waals surface area contributed by atoms with Crippen LogP contribution < -0.4 is 10.6 Å². The number of aromatic nitrogens is 1. The van der Waals surface area contributed by atoms with E-state index in [1.165, 1.54) is 6.92 Å². The van der Waals surface area contributed by atoms with Gasteiger partial charge in [0.2, 0.25) is 5.91 Å². The lowest BCUT2D eigenvalue weighted by Crippen LogP contribution is -2.26. The molecule has 2 amide bonds. The lowest BCUT2D eigenvalue weighted by atomic mass is 10.2. The molecule has 0 spiro atoms. The zero-order chi connectivity index (χ0) is 14.3. The van der Waals surface area contributed by atoms with E-state index in [0.717, 1.165) is 19.3 Å². The molecule has 0 aliphatic rings. The van der Waals surface area contributed by atoms with E-state index in [0.29, 0.717) is 16.8 Å². The zero-order valence-corrected chi connectivity index (χ0v) is 12.7. The summed E-state index contributed by atoms with van der Waals surface area (Å²) in [6, 6.07) is 3.33. The van der Waals surface area contributed by atoms with Gasteiger partial charge < -0.3 is 10.6 Å². The van der Waals surface area contributed by atoms with Crippen LogP contribution in [0.15, 0.2) is 16.6 Å². The van der Waals surface area contributed by atoms with Gasteiger partial charge in [-0.3, -0.25) is 9.59 Å². The van der Waals surface area contributed by atoms with Gasteiger partial charge in [0.1, 0.15) is 11.5 Å². The van der Waals surface area contributed by atoms with Crippen molar-refractivity contribution >= 4 is 33.6 Å². The lowest BCUT2D eigenvalue weighted by molar-refractivity contribution is -0.114. The average molecular weight is 328 g/mol. The van der Waals surface area contributed by atoms with E-state index in [1.54, 1.807) is 12.1 Å². The van der Waals surface area contributed by atoms with E-state index < -0.39 is 0 Å². The maximum absolute atomic E-state index is 12.0. The Morgan fingerprint density at radius 2 is 2.05 bits per heavy atom. The number of amides is 2. The predicted molar refractivity (Wildman–Crippen MR) is 78.1 cm³/mol. The van der Waals surface area contributed by atoms with Crippen LogP contribution in [0.3, 0.4) is 0 Å². The van der Waals surface area contributed by atoms with Crippen molar-refractivity contribution in [3.63, 3.8) is 0 Å². The number of nitrogens with zero attached hydrogens (tertiary/aromatic N) is 1. The molecule has 0 aliphatic heterocycles. The molecular formula is C13H18BrN3O2. The number of anilines is 1. The van der Waals surface area contributed by atoms with Crippen molar-refractivity contribution in [1.29, 1.82) is 0 Å². The maximum Gasteiger partial charge on any atom is 0.271 e. The van der Waals surface area contributed by atoms with Crippen molar-refractivity contribution in [2.75, 3.05) is 11.9 Å². The fourth-order valence-corrected chi connectivity index (χ4v) is 1.91. The fraction of sp³-hybridized carbons (Fsp3) is 0.462. The van der Waals surface area contributed by atoms with Crippen LogP contribution in [-0.2, 0) is 4.79 Å².